The SMILES string of the molecule is CCc1cccc(C)c1N1CC(N2CCNCC2)C1. The van der Waals surface area contributed by atoms with Crippen LogP contribution in [0.4, 0.5) is 5.69 Å². The minimum Gasteiger partial charge on any atom is -0.368 e. The van der Waals surface area contributed by atoms with Crippen molar-refractivity contribution in [3.05, 3.63) is 29.3 Å². The van der Waals surface area contributed by atoms with Crippen LogP contribution in [0.3, 0.4) is 0 Å². The van der Waals surface area contributed by atoms with Crippen molar-refractivity contribution >= 4 is 5.69 Å². The second-order valence-corrected chi connectivity index (χ2v) is 5.78. The topological polar surface area (TPSA) is 18.5 Å². The van der Waals surface area contributed by atoms with Crippen molar-refractivity contribution in [2.24, 2.45) is 0 Å². The van der Waals surface area contributed by atoms with E-state index in [-0.39, 0.29) is 0 Å². The number of nitrogens with one attached hydrogen (secondary N) is 1. The third-order valence-electron chi connectivity index (χ3n) is 4.55. The predicted molar refractivity (Wildman–Crippen MR) is 81.0 cm³/mol. The highest BCUT2D eigenvalue weighted by Gasteiger charge is 2.33. The van der Waals surface area contributed by atoms with Crippen LogP contribution < -0.4 is 10.2 Å². The first-order valence-electron chi connectivity index (χ1n) is 7.57. The van der Waals surface area contributed by atoms with E-state index in [4.69, 9.17) is 0 Å². The van der Waals surface area contributed by atoms with Crippen molar-refractivity contribution in [3.8, 4) is 0 Å². The van der Waals surface area contributed by atoms with Gasteiger partial charge in [0.2, 0.25) is 0 Å². The lowest BCUT2D eigenvalue weighted by Gasteiger charge is -2.49. The predicted octanol–water partition coefficient (Wildman–Crippen LogP) is 1.65. The highest BCUT2D eigenvalue weighted by Crippen LogP contribution is 2.31. The normalized spacial score (nSPS) is 21.5. The second kappa shape index (κ2) is 5.51. The molecule has 2 fully saturated rings. The molecule has 0 aromatic heterocycles. The maximum absolute atomic E-state index is 3.43. The van der Waals surface area contributed by atoms with E-state index < -0.39 is 0 Å². The lowest BCUT2D eigenvalue weighted by Crippen LogP contribution is -2.63. The third kappa shape index (κ3) is 2.49. The van der Waals surface area contributed by atoms with E-state index in [9.17, 15) is 0 Å². The Bertz CT molecular complexity index is 432. The van der Waals surface area contributed by atoms with Gasteiger partial charge in [0.1, 0.15) is 0 Å². The van der Waals surface area contributed by atoms with E-state index >= 15 is 0 Å². The summed E-state index contributed by atoms with van der Waals surface area (Å²) in [4.78, 5) is 5.22. The average molecular weight is 259 g/mol. The van der Waals surface area contributed by atoms with Gasteiger partial charge in [-0.05, 0) is 24.5 Å². The van der Waals surface area contributed by atoms with Gasteiger partial charge in [-0.15, -0.1) is 0 Å². The van der Waals surface area contributed by atoms with Gasteiger partial charge in [-0.2, -0.15) is 0 Å². The number of hydrogen-bond donors (Lipinski definition) is 1. The zero-order chi connectivity index (χ0) is 13.2. The fraction of sp³-hybridized carbons (Fsp3) is 0.625. The molecule has 0 spiro atoms. The van der Waals surface area contributed by atoms with Gasteiger partial charge in [-0.25, -0.2) is 0 Å². The van der Waals surface area contributed by atoms with Crippen molar-refractivity contribution < 1.29 is 0 Å². The number of hydrogen-bond acceptors (Lipinski definition) is 3. The Morgan fingerprint density at radius 2 is 1.95 bits per heavy atom. The molecule has 3 heteroatoms. The standard InChI is InChI=1S/C16H25N3/c1-3-14-6-4-5-13(2)16(14)19-11-15(12-19)18-9-7-17-8-10-18/h4-6,15,17H,3,7-12H2,1-2H3. The fourth-order valence-electron chi connectivity index (χ4n) is 3.37. The van der Waals surface area contributed by atoms with Crippen LogP contribution in [-0.4, -0.2) is 50.2 Å². The van der Waals surface area contributed by atoms with Crippen LogP contribution in [0.5, 0.6) is 0 Å². The lowest BCUT2D eigenvalue weighted by atomic mass is 9.98. The number of para-hydroxylation sites is 1. The molecular weight excluding hydrogens is 234 g/mol. The van der Waals surface area contributed by atoms with Crippen LogP contribution >= 0.6 is 0 Å². The number of benzene rings is 1. The molecule has 1 aromatic rings. The largest absolute Gasteiger partial charge is 0.368 e. The Hall–Kier alpha value is -1.06. The average Bonchev–Trinajstić information content (AvgIpc) is 2.40. The van der Waals surface area contributed by atoms with Crippen LogP contribution in [0.25, 0.3) is 0 Å². The lowest BCUT2D eigenvalue weighted by molar-refractivity contribution is 0.147. The number of piperazine rings is 1. The molecule has 0 unspecified atom stereocenters. The van der Waals surface area contributed by atoms with Crippen molar-refractivity contribution in [2.45, 2.75) is 26.3 Å². The third-order valence-corrected chi connectivity index (χ3v) is 4.55. The highest BCUT2D eigenvalue weighted by molar-refractivity contribution is 5.61. The molecule has 104 valence electrons. The highest BCUT2D eigenvalue weighted by atomic mass is 15.3. The molecule has 2 aliphatic rings. The van der Waals surface area contributed by atoms with Crippen LogP contribution in [0.15, 0.2) is 18.2 Å². The molecule has 19 heavy (non-hydrogen) atoms. The first-order chi connectivity index (χ1) is 9.29. The van der Waals surface area contributed by atoms with Crippen molar-refractivity contribution in [1.29, 1.82) is 0 Å². The molecular formula is C16H25N3. The number of anilines is 1. The summed E-state index contributed by atoms with van der Waals surface area (Å²) in [5.74, 6) is 0. The van der Waals surface area contributed by atoms with Gasteiger partial charge in [0.25, 0.3) is 0 Å². The summed E-state index contributed by atoms with van der Waals surface area (Å²) in [7, 11) is 0. The molecule has 0 amide bonds. The van der Waals surface area contributed by atoms with E-state index in [1.54, 1.807) is 0 Å². The minimum atomic E-state index is 0.770. The van der Waals surface area contributed by atoms with Crippen LogP contribution in [0.1, 0.15) is 18.1 Å². The van der Waals surface area contributed by atoms with Gasteiger partial charge < -0.3 is 10.2 Å². The van der Waals surface area contributed by atoms with Gasteiger partial charge in [0.15, 0.2) is 0 Å². The summed E-state index contributed by atoms with van der Waals surface area (Å²) in [5, 5.41) is 3.43. The van der Waals surface area contributed by atoms with Gasteiger partial charge in [0.05, 0.1) is 0 Å². The Labute approximate surface area is 116 Å². The first-order valence-corrected chi connectivity index (χ1v) is 7.57. The van der Waals surface area contributed by atoms with E-state index in [1.807, 2.05) is 0 Å². The van der Waals surface area contributed by atoms with Crippen molar-refractivity contribution in [1.82, 2.24) is 10.2 Å². The number of rotatable bonds is 3. The second-order valence-electron chi connectivity index (χ2n) is 5.78. The number of nitrogens with zero attached hydrogens (tertiary/aromatic N) is 2. The van der Waals surface area contributed by atoms with E-state index in [0.29, 0.717) is 0 Å². The molecule has 2 heterocycles. The summed E-state index contributed by atoms with van der Waals surface area (Å²) in [6.07, 6.45) is 1.13. The van der Waals surface area contributed by atoms with Crippen molar-refractivity contribution in [3.63, 3.8) is 0 Å². The molecule has 0 aliphatic carbocycles. The molecule has 2 aliphatic heterocycles. The molecule has 0 saturated carbocycles. The van der Waals surface area contributed by atoms with Gasteiger partial charge in [-0.1, -0.05) is 25.1 Å². The smallest absolute Gasteiger partial charge is 0.0447 e. The van der Waals surface area contributed by atoms with Gasteiger partial charge in [-0.3, -0.25) is 4.90 Å². The monoisotopic (exact) mass is 259 g/mol. The minimum absolute atomic E-state index is 0.770. The summed E-state index contributed by atoms with van der Waals surface area (Å²) in [6, 6.07) is 7.48. The zero-order valence-corrected chi connectivity index (χ0v) is 12.2. The molecule has 1 N–H and O–H groups in total. The molecule has 3 rings (SSSR count). The van der Waals surface area contributed by atoms with Gasteiger partial charge >= 0.3 is 0 Å². The summed E-state index contributed by atoms with van der Waals surface area (Å²) < 4.78 is 0. The molecule has 2 saturated heterocycles. The Morgan fingerprint density at radius 1 is 1.21 bits per heavy atom. The van der Waals surface area contributed by atoms with E-state index in [1.165, 1.54) is 43.0 Å². The van der Waals surface area contributed by atoms with Crippen LogP contribution in [0.2, 0.25) is 0 Å². The molecule has 1 aromatic carbocycles. The maximum atomic E-state index is 3.43. The van der Waals surface area contributed by atoms with Crippen LogP contribution in [0, 0.1) is 6.92 Å². The van der Waals surface area contributed by atoms with Crippen molar-refractivity contribution in [2.75, 3.05) is 44.2 Å². The first kappa shape index (κ1) is 12.9. The Kier molecular flexibility index (Phi) is 3.76. The summed E-state index contributed by atoms with van der Waals surface area (Å²) in [6.45, 7) is 11.6. The Morgan fingerprint density at radius 3 is 2.63 bits per heavy atom. The molecule has 3 nitrogen and oxygen atoms in total. The molecule has 0 radical (unpaired) electrons. The molecule has 0 atom stereocenters. The molecule has 0 bridgehead atoms. The Balaban J connectivity index is 1.67. The van der Waals surface area contributed by atoms with E-state index in [2.05, 4.69) is 47.2 Å². The summed E-state index contributed by atoms with van der Waals surface area (Å²) in [5.41, 5.74) is 4.42. The van der Waals surface area contributed by atoms with Gasteiger partial charge in [0, 0.05) is 51.0 Å². The quantitative estimate of drug-likeness (QED) is 0.890. The van der Waals surface area contributed by atoms with Crippen LogP contribution in [-0.2, 0) is 6.42 Å². The fourth-order valence-corrected chi connectivity index (χ4v) is 3.37. The zero-order valence-electron chi connectivity index (χ0n) is 12.2. The maximum Gasteiger partial charge on any atom is 0.0447 e. The summed E-state index contributed by atoms with van der Waals surface area (Å²) >= 11 is 0. The number of aryl methyl sites for hydroxylation is 2. The van der Waals surface area contributed by atoms with E-state index in [0.717, 1.165) is 25.6 Å².